The molecule has 4 heteroatoms. The summed E-state index contributed by atoms with van der Waals surface area (Å²) in [5.41, 5.74) is 0.675. The van der Waals surface area contributed by atoms with E-state index in [1.807, 2.05) is 24.3 Å². The first-order valence-corrected chi connectivity index (χ1v) is 5.75. The van der Waals surface area contributed by atoms with Crippen LogP contribution in [-0.2, 0) is 12.0 Å². The summed E-state index contributed by atoms with van der Waals surface area (Å²) in [6.45, 7) is 0. The Morgan fingerprint density at radius 3 is 2.72 bits per heavy atom. The van der Waals surface area contributed by atoms with E-state index in [9.17, 15) is 9.90 Å². The first-order valence-electron chi connectivity index (χ1n) is 5.75. The first kappa shape index (κ1) is 11.0. The van der Waals surface area contributed by atoms with Crippen LogP contribution in [0.1, 0.15) is 33.9 Å². The summed E-state index contributed by atoms with van der Waals surface area (Å²) in [6.07, 6.45) is 1.27. The van der Waals surface area contributed by atoms with Gasteiger partial charge in [-0.25, -0.2) is 4.79 Å². The number of carboxylic acids is 1. The summed E-state index contributed by atoms with van der Waals surface area (Å²) in [5.74, 6) is -0.983. The van der Waals surface area contributed by atoms with Gasteiger partial charge in [-0.05, 0) is 36.1 Å². The van der Waals surface area contributed by atoms with Crippen molar-refractivity contribution in [1.29, 1.82) is 0 Å². The van der Waals surface area contributed by atoms with Gasteiger partial charge in [-0.2, -0.15) is 0 Å². The van der Waals surface area contributed by atoms with Crippen LogP contribution >= 0.6 is 0 Å². The highest BCUT2D eigenvalue weighted by atomic mass is 16.4. The summed E-state index contributed by atoms with van der Waals surface area (Å²) in [4.78, 5) is 10.8. The zero-order chi connectivity index (χ0) is 12.8. The zero-order valence-corrected chi connectivity index (χ0v) is 9.59. The molecule has 1 aliphatic rings. The van der Waals surface area contributed by atoms with E-state index in [4.69, 9.17) is 9.52 Å². The van der Waals surface area contributed by atoms with Crippen LogP contribution in [0.3, 0.4) is 0 Å². The third-order valence-corrected chi connectivity index (χ3v) is 3.44. The predicted molar refractivity (Wildman–Crippen MR) is 63.4 cm³/mol. The summed E-state index contributed by atoms with van der Waals surface area (Å²) in [6, 6.07) is 10.5. The molecule has 0 aliphatic heterocycles. The molecule has 4 nitrogen and oxygen atoms in total. The highest BCUT2D eigenvalue weighted by molar-refractivity contribution is 5.84. The molecule has 0 spiro atoms. The lowest BCUT2D eigenvalue weighted by atomic mass is 9.93. The number of hydrogen-bond acceptors (Lipinski definition) is 3. The van der Waals surface area contributed by atoms with Gasteiger partial charge in [0.25, 0.3) is 0 Å². The molecular formula is C14H12O4. The zero-order valence-electron chi connectivity index (χ0n) is 9.59. The molecule has 1 aromatic carbocycles. The average molecular weight is 244 g/mol. The molecule has 18 heavy (non-hydrogen) atoms. The number of furan rings is 1. The molecule has 0 bridgehead atoms. The van der Waals surface area contributed by atoms with Crippen molar-refractivity contribution in [1.82, 2.24) is 0 Å². The standard InChI is InChI=1S/C14H12O4/c15-13(16)11-5-6-12(18-11)14(17)8-7-9-3-1-2-4-10(9)14/h1-6,17H,7-8H2,(H,15,16). The van der Waals surface area contributed by atoms with Crippen LogP contribution in [0.15, 0.2) is 40.8 Å². The Morgan fingerprint density at radius 1 is 1.22 bits per heavy atom. The molecule has 2 aromatic rings. The summed E-state index contributed by atoms with van der Waals surface area (Å²) in [5, 5.41) is 19.6. The second-order valence-electron chi connectivity index (χ2n) is 4.49. The van der Waals surface area contributed by atoms with E-state index in [0.717, 1.165) is 17.5 Å². The van der Waals surface area contributed by atoms with Gasteiger partial charge in [-0.1, -0.05) is 24.3 Å². The van der Waals surface area contributed by atoms with Crippen LogP contribution in [0.2, 0.25) is 0 Å². The van der Waals surface area contributed by atoms with E-state index < -0.39 is 11.6 Å². The van der Waals surface area contributed by atoms with Crippen LogP contribution in [0, 0.1) is 0 Å². The minimum Gasteiger partial charge on any atom is -0.475 e. The number of rotatable bonds is 2. The molecule has 1 aromatic heterocycles. The van der Waals surface area contributed by atoms with Crippen molar-refractivity contribution in [2.45, 2.75) is 18.4 Å². The average Bonchev–Trinajstić information content (AvgIpc) is 2.96. The van der Waals surface area contributed by atoms with Gasteiger partial charge >= 0.3 is 5.97 Å². The van der Waals surface area contributed by atoms with E-state index >= 15 is 0 Å². The minimum absolute atomic E-state index is 0.150. The van der Waals surface area contributed by atoms with Crippen molar-refractivity contribution in [2.24, 2.45) is 0 Å². The third kappa shape index (κ3) is 1.46. The Morgan fingerprint density at radius 2 is 2.00 bits per heavy atom. The molecule has 0 fully saturated rings. The summed E-state index contributed by atoms with van der Waals surface area (Å²) >= 11 is 0. The Balaban J connectivity index is 2.08. The van der Waals surface area contributed by atoms with Crippen LogP contribution in [0.25, 0.3) is 0 Å². The molecule has 1 heterocycles. The van der Waals surface area contributed by atoms with Crippen LogP contribution < -0.4 is 0 Å². The second-order valence-corrected chi connectivity index (χ2v) is 4.49. The maximum absolute atomic E-state index is 10.8. The molecular weight excluding hydrogens is 232 g/mol. The number of fused-ring (bicyclic) bond motifs is 1. The number of aryl methyl sites for hydroxylation is 1. The van der Waals surface area contributed by atoms with Crippen molar-refractivity contribution in [3.05, 3.63) is 59.0 Å². The largest absolute Gasteiger partial charge is 0.475 e. The van der Waals surface area contributed by atoms with E-state index in [1.165, 1.54) is 12.1 Å². The minimum atomic E-state index is -1.20. The number of carboxylic acid groups (broad SMARTS) is 1. The summed E-state index contributed by atoms with van der Waals surface area (Å²) < 4.78 is 5.24. The SMILES string of the molecule is O=C(O)c1ccc(C2(O)CCc3ccccc32)o1. The fraction of sp³-hybridized carbons (Fsp3) is 0.214. The van der Waals surface area contributed by atoms with E-state index in [-0.39, 0.29) is 5.76 Å². The normalized spacial score (nSPS) is 21.8. The van der Waals surface area contributed by atoms with Crippen LogP contribution in [-0.4, -0.2) is 16.2 Å². The van der Waals surface area contributed by atoms with E-state index in [0.29, 0.717) is 12.2 Å². The van der Waals surface area contributed by atoms with Gasteiger partial charge in [-0.3, -0.25) is 0 Å². The Hall–Kier alpha value is -2.07. The lowest BCUT2D eigenvalue weighted by Crippen LogP contribution is -2.23. The smallest absolute Gasteiger partial charge is 0.371 e. The molecule has 2 N–H and O–H groups in total. The quantitative estimate of drug-likeness (QED) is 0.849. The van der Waals surface area contributed by atoms with Gasteiger partial charge in [0, 0.05) is 0 Å². The van der Waals surface area contributed by atoms with Gasteiger partial charge in [0.15, 0.2) is 0 Å². The highest BCUT2D eigenvalue weighted by Gasteiger charge is 2.41. The van der Waals surface area contributed by atoms with Crippen molar-refractivity contribution in [3.63, 3.8) is 0 Å². The van der Waals surface area contributed by atoms with Crippen molar-refractivity contribution in [3.8, 4) is 0 Å². The van der Waals surface area contributed by atoms with E-state index in [2.05, 4.69) is 0 Å². The topological polar surface area (TPSA) is 70.7 Å². The molecule has 0 amide bonds. The number of hydrogen-bond donors (Lipinski definition) is 2. The predicted octanol–water partition coefficient (Wildman–Crippen LogP) is 2.16. The maximum atomic E-state index is 10.8. The highest BCUT2D eigenvalue weighted by Crippen LogP contribution is 2.42. The molecule has 0 saturated heterocycles. The van der Waals surface area contributed by atoms with Crippen molar-refractivity contribution >= 4 is 5.97 Å². The second kappa shape index (κ2) is 3.71. The molecule has 1 aliphatic carbocycles. The molecule has 0 radical (unpaired) electrons. The lowest BCUT2D eigenvalue weighted by Gasteiger charge is -2.21. The Labute approximate surface area is 103 Å². The molecule has 1 unspecified atom stereocenters. The Kier molecular flexibility index (Phi) is 2.28. The molecule has 92 valence electrons. The molecule has 0 saturated carbocycles. The fourth-order valence-corrected chi connectivity index (χ4v) is 2.52. The number of aromatic carboxylic acids is 1. The first-order chi connectivity index (χ1) is 8.61. The van der Waals surface area contributed by atoms with Crippen LogP contribution in [0.5, 0.6) is 0 Å². The number of aliphatic hydroxyl groups is 1. The Bertz CT molecular complexity index is 614. The van der Waals surface area contributed by atoms with Gasteiger partial charge in [0.1, 0.15) is 11.4 Å². The van der Waals surface area contributed by atoms with Crippen molar-refractivity contribution < 1.29 is 19.4 Å². The van der Waals surface area contributed by atoms with Crippen LogP contribution in [0.4, 0.5) is 0 Å². The molecule has 3 rings (SSSR count). The summed E-state index contributed by atoms with van der Waals surface area (Å²) in [7, 11) is 0. The molecule has 1 atom stereocenters. The van der Waals surface area contributed by atoms with E-state index in [1.54, 1.807) is 0 Å². The van der Waals surface area contributed by atoms with Crippen molar-refractivity contribution in [2.75, 3.05) is 0 Å². The third-order valence-electron chi connectivity index (χ3n) is 3.44. The fourth-order valence-electron chi connectivity index (χ4n) is 2.52. The van der Waals surface area contributed by atoms with Gasteiger partial charge in [-0.15, -0.1) is 0 Å². The lowest BCUT2D eigenvalue weighted by molar-refractivity contribution is 0.0518. The maximum Gasteiger partial charge on any atom is 0.371 e. The monoisotopic (exact) mass is 244 g/mol. The van der Waals surface area contributed by atoms with Gasteiger partial charge in [0.2, 0.25) is 5.76 Å². The van der Waals surface area contributed by atoms with Gasteiger partial charge in [0.05, 0.1) is 0 Å². The number of benzene rings is 1. The van der Waals surface area contributed by atoms with Gasteiger partial charge < -0.3 is 14.6 Å². The number of carbonyl (C=O) groups is 1.